The van der Waals surface area contributed by atoms with E-state index in [1.165, 1.54) is 0 Å². The largest absolute Gasteiger partial charge is 0.347 e. The van der Waals surface area contributed by atoms with Crippen molar-refractivity contribution in [3.8, 4) is 0 Å². The fraction of sp³-hybridized carbons (Fsp3) is 0.364. The van der Waals surface area contributed by atoms with Gasteiger partial charge in [-0.1, -0.05) is 47.6 Å². The van der Waals surface area contributed by atoms with Crippen LogP contribution >= 0.6 is 0 Å². The number of piperidine rings is 1. The van der Waals surface area contributed by atoms with E-state index in [9.17, 15) is 9.59 Å². The van der Waals surface area contributed by atoms with Gasteiger partial charge in [-0.25, -0.2) is 0 Å². The lowest BCUT2D eigenvalue weighted by Crippen LogP contribution is -2.43. The summed E-state index contributed by atoms with van der Waals surface area (Å²) in [4.78, 5) is 31.1. The molecule has 1 N–H and O–H groups in total. The summed E-state index contributed by atoms with van der Waals surface area (Å²) in [5, 5.41) is 8.82. The lowest BCUT2D eigenvalue weighted by atomic mass is 9.95. The summed E-state index contributed by atoms with van der Waals surface area (Å²) in [5.74, 6) is 0.940. The Morgan fingerprint density at radius 3 is 2.66 bits per heavy atom. The molecule has 7 nitrogen and oxygen atoms in total. The Morgan fingerprint density at radius 1 is 1.14 bits per heavy atom. The van der Waals surface area contributed by atoms with E-state index in [1.54, 1.807) is 6.92 Å². The Morgan fingerprint density at radius 2 is 1.90 bits per heavy atom. The highest BCUT2D eigenvalue weighted by molar-refractivity contribution is 5.90. The molecule has 2 amide bonds. The van der Waals surface area contributed by atoms with E-state index >= 15 is 0 Å². The average molecular weight is 392 g/mol. The lowest BCUT2D eigenvalue weighted by Gasteiger charge is -2.31. The Labute approximate surface area is 169 Å². The van der Waals surface area contributed by atoms with Gasteiger partial charge in [-0.05, 0) is 36.1 Å². The van der Waals surface area contributed by atoms with Crippen molar-refractivity contribution in [3.05, 3.63) is 59.7 Å². The highest BCUT2D eigenvalue weighted by Crippen LogP contribution is 2.22. The zero-order valence-electron chi connectivity index (χ0n) is 16.4. The molecule has 0 radical (unpaired) electrons. The molecule has 2 aromatic carbocycles. The molecule has 0 unspecified atom stereocenters. The molecule has 1 aliphatic rings. The molecule has 150 valence electrons. The molecule has 0 saturated carbocycles. The van der Waals surface area contributed by atoms with Crippen molar-refractivity contribution in [2.45, 2.75) is 32.7 Å². The van der Waals surface area contributed by atoms with Gasteiger partial charge in [0.2, 0.25) is 17.7 Å². The molecule has 0 spiro atoms. The minimum absolute atomic E-state index is 0.0259. The standard InChI is InChI=1S/C22H24N4O3/c1-15-24-20(29-25-15)14-23-22(28)17-9-11-26(12-10-17)21(27)13-18-7-4-6-16-5-2-3-8-19(16)18/h2-8,17H,9-14H2,1H3,(H,23,28). The number of benzene rings is 2. The summed E-state index contributed by atoms with van der Waals surface area (Å²) in [7, 11) is 0. The van der Waals surface area contributed by atoms with Crippen LogP contribution in [0.3, 0.4) is 0 Å². The molecule has 1 saturated heterocycles. The minimum atomic E-state index is -0.0966. The van der Waals surface area contributed by atoms with Gasteiger partial charge in [0.05, 0.1) is 13.0 Å². The fourth-order valence-electron chi connectivity index (χ4n) is 3.83. The maximum Gasteiger partial charge on any atom is 0.246 e. The van der Waals surface area contributed by atoms with Crippen molar-refractivity contribution in [2.75, 3.05) is 13.1 Å². The van der Waals surface area contributed by atoms with Crippen LogP contribution in [-0.2, 0) is 22.6 Å². The van der Waals surface area contributed by atoms with Crippen LogP contribution in [-0.4, -0.2) is 39.9 Å². The van der Waals surface area contributed by atoms with Gasteiger partial charge in [-0.3, -0.25) is 9.59 Å². The molecule has 1 fully saturated rings. The van der Waals surface area contributed by atoms with Crippen LogP contribution in [0.2, 0.25) is 0 Å². The molecule has 0 atom stereocenters. The number of rotatable bonds is 5. The monoisotopic (exact) mass is 392 g/mol. The molecule has 0 bridgehead atoms. The maximum absolute atomic E-state index is 12.8. The number of aryl methyl sites for hydroxylation is 1. The predicted molar refractivity (Wildman–Crippen MR) is 108 cm³/mol. The first-order chi connectivity index (χ1) is 14.1. The van der Waals surface area contributed by atoms with Gasteiger partial charge < -0.3 is 14.7 Å². The molecule has 1 aromatic heterocycles. The number of likely N-dealkylation sites (tertiary alicyclic amines) is 1. The highest BCUT2D eigenvalue weighted by atomic mass is 16.5. The Kier molecular flexibility index (Phi) is 5.55. The van der Waals surface area contributed by atoms with E-state index in [0.717, 1.165) is 16.3 Å². The molecule has 7 heteroatoms. The van der Waals surface area contributed by atoms with Crippen LogP contribution in [0, 0.1) is 12.8 Å². The molecule has 1 aliphatic heterocycles. The van der Waals surface area contributed by atoms with Crippen molar-refractivity contribution < 1.29 is 14.1 Å². The number of hydrogen-bond donors (Lipinski definition) is 1. The molecule has 4 rings (SSSR count). The smallest absolute Gasteiger partial charge is 0.246 e. The zero-order valence-corrected chi connectivity index (χ0v) is 16.4. The second kappa shape index (κ2) is 8.43. The van der Waals surface area contributed by atoms with Gasteiger partial charge in [-0.2, -0.15) is 4.98 Å². The van der Waals surface area contributed by atoms with Crippen molar-refractivity contribution in [1.82, 2.24) is 20.4 Å². The van der Waals surface area contributed by atoms with Crippen LogP contribution in [0.15, 0.2) is 47.0 Å². The van der Waals surface area contributed by atoms with Crippen molar-refractivity contribution in [2.24, 2.45) is 5.92 Å². The molecule has 3 aromatic rings. The number of fused-ring (bicyclic) bond motifs is 1. The number of nitrogens with zero attached hydrogens (tertiary/aromatic N) is 3. The van der Waals surface area contributed by atoms with Crippen molar-refractivity contribution in [1.29, 1.82) is 0 Å². The third-order valence-corrected chi connectivity index (χ3v) is 5.42. The Balaban J connectivity index is 1.29. The summed E-state index contributed by atoms with van der Waals surface area (Å²) in [6, 6.07) is 14.2. The number of carbonyl (C=O) groups excluding carboxylic acids is 2. The van der Waals surface area contributed by atoms with Crippen LogP contribution in [0.1, 0.15) is 30.1 Å². The number of carbonyl (C=O) groups is 2. The molecule has 2 heterocycles. The van der Waals surface area contributed by atoms with E-state index in [-0.39, 0.29) is 24.3 Å². The van der Waals surface area contributed by atoms with E-state index in [2.05, 4.69) is 33.7 Å². The van der Waals surface area contributed by atoms with E-state index < -0.39 is 0 Å². The second-order valence-corrected chi connectivity index (χ2v) is 7.42. The number of amides is 2. The topological polar surface area (TPSA) is 88.3 Å². The Hall–Kier alpha value is -3.22. The predicted octanol–water partition coefficient (Wildman–Crippen LogP) is 2.63. The number of hydrogen-bond acceptors (Lipinski definition) is 5. The number of aromatic nitrogens is 2. The number of nitrogens with one attached hydrogen (secondary N) is 1. The quantitative estimate of drug-likeness (QED) is 0.721. The van der Waals surface area contributed by atoms with Gasteiger partial charge >= 0.3 is 0 Å². The van der Waals surface area contributed by atoms with Gasteiger partial charge in [-0.15, -0.1) is 0 Å². The first-order valence-electron chi connectivity index (χ1n) is 9.91. The third-order valence-electron chi connectivity index (χ3n) is 5.42. The first-order valence-corrected chi connectivity index (χ1v) is 9.91. The SMILES string of the molecule is Cc1noc(CNC(=O)C2CCN(C(=O)Cc3cccc4ccccc34)CC2)n1. The molecular weight excluding hydrogens is 368 g/mol. The molecule has 29 heavy (non-hydrogen) atoms. The third kappa shape index (κ3) is 4.45. The van der Waals surface area contributed by atoms with Gasteiger partial charge in [0, 0.05) is 19.0 Å². The highest BCUT2D eigenvalue weighted by Gasteiger charge is 2.27. The minimum Gasteiger partial charge on any atom is -0.347 e. The normalized spacial score (nSPS) is 14.9. The van der Waals surface area contributed by atoms with E-state index in [0.29, 0.717) is 44.1 Å². The van der Waals surface area contributed by atoms with Crippen LogP contribution in [0.4, 0.5) is 0 Å². The summed E-state index contributed by atoms with van der Waals surface area (Å²) in [5.41, 5.74) is 1.04. The van der Waals surface area contributed by atoms with E-state index in [1.807, 2.05) is 29.2 Å². The van der Waals surface area contributed by atoms with Crippen molar-refractivity contribution >= 4 is 22.6 Å². The Bertz CT molecular complexity index is 1020. The zero-order chi connectivity index (χ0) is 20.2. The summed E-state index contributed by atoms with van der Waals surface area (Å²) >= 11 is 0. The van der Waals surface area contributed by atoms with Crippen LogP contribution < -0.4 is 5.32 Å². The maximum atomic E-state index is 12.8. The average Bonchev–Trinajstić information content (AvgIpc) is 3.17. The summed E-state index contributed by atoms with van der Waals surface area (Å²) in [6.07, 6.45) is 1.71. The van der Waals surface area contributed by atoms with Gasteiger partial charge in [0.1, 0.15) is 0 Å². The lowest BCUT2D eigenvalue weighted by molar-refractivity contribution is -0.135. The summed E-state index contributed by atoms with van der Waals surface area (Å²) < 4.78 is 5.01. The van der Waals surface area contributed by atoms with Gasteiger partial charge in [0.15, 0.2) is 5.82 Å². The molecule has 0 aliphatic carbocycles. The van der Waals surface area contributed by atoms with E-state index in [4.69, 9.17) is 4.52 Å². The first kappa shape index (κ1) is 19.1. The van der Waals surface area contributed by atoms with Gasteiger partial charge in [0.25, 0.3) is 0 Å². The van der Waals surface area contributed by atoms with Crippen molar-refractivity contribution in [3.63, 3.8) is 0 Å². The van der Waals surface area contributed by atoms with Crippen LogP contribution in [0.25, 0.3) is 10.8 Å². The molecular formula is C22H24N4O3. The second-order valence-electron chi connectivity index (χ2n) is 7.42. The fourth-order valence-corrected chi connectivity index (χ4v) is 3.83. The van der Waals surface area contributed by atoms with Crippen LogP contribution in [0.5, 0.6) is 0 Å². The summed E-state index contributed by atoms with van der Waals surface area (Å²) in [6.45, 7) is 3.17.